The summed E-state index contributed by atoms with van der Waals surface area (Å²) in [4.78, 5) is 33.2. The third kappa shape index (κ3) is 5.88. The van der Waals surface area contributed by atoms with Crippen molar-refractivity contribution in [1.82, 2.24) is 4.90 Å². The largest absolute Gasteiger partial charge is 0.321 e. The van der Waals surface area contributed by atoms with Gasteiger partial charge in [0.2, 0.25) is 0 Å². The monoisotopic (exact) mass is 477 g/mol. The Morgan fingerprint density at radius 3 is 1.47 bits per heavy atom. The van der Waals surface area contributed by atoms with Gasteiger partial charge in [-0.05, 0) is 81.5 Å². The van der Waals surface area contributed by atoms with E-state index in [9.17, 15) is 9.59 Å². The standard InChI is InChI=1S/C31H31N3O2/c1-32(2)24-14-16-25-15-12-13-23-29(25)34(28-21-10-5-11-22-28)31(36)30(35)33(26-17-6-3-7-18-26)27-19-8-4-9-20-27/h3-13,15,17-23H,14,16,24H2,1-2H3. The smallest absolute Gasteiger partial charge is 0.309 e. The van der Waals surface area contributed by atoms with Crippen molar-refractivity contribution in [3.05, 3.63) is 121 Å². The number of carbonyl (C=O) groups is 2. The first-order chi connectivity index (χ1) is 17.6. The molecule has 0 radical (unpaired) electrons. The Morgan fingerprint density at radius 1 is 0.556 bits per heavy atom. The first kappa shape index (κ1) is 24.9. The molecule has 0 unspecified atom stereocenters. The van der Waals surface area contributed by atoms with Crippen LogP contribution in [0.15, 0.2) is 115 Å². The highest BCUT2D eigenvalue weighted by Crippen LogP contribution is 2.32. The van der Waals surface area contributed by atoms with E-state index in [0.29, 0.717) is 17.1 Å². The summed E-state index contributed by atoms with van der Waals surface area (Å²) in [7, 11) is 4.10. The zero-order valence-electron chi connectivity index (χ0n) is 20.7. The van der Waals surface area contributed by atoms with Gasteiger partial charge in [0.15, 0.2) is 0 Å². The summed E-state index contributed by atoms with van der Waals surface area (Å²) in [6.07, 6.45) is 1.73. The van der Waals surface area contributed by atoms with Crippen molar-refractivity contribution in [2.75, 3.05) is 30.4 Å². The Bertz CT molecular complexity index is 1240. The fraction of sp³-hybridized carbons (Fsp3) is 0.161. The molecule has 0 aliphatic heterocycles. The van der Waals surface area contributed by atoms with Crippen LogP contribution in [0.4, 0.5) is 22.7 Å². The van der Waals surface area contributed by atoms with Gasteiger partial charge in [0.05, 0.1) is 5.69 Å². The van der Waals surface area contributed by atoms with Crippen LogP contribution < -0.4 is 9.80 Å². The summed E-state index contributed by atoms with van der Waals surface area (Å²) in [6, 6.07) is 35.7. The third-order valence-corrected chi connectivity index (χ3v) is 5.92. The van der Waals surface area contributed by atoms with Crippen molar-refractivity contribution in [2.45, 2.75) is 12.8 Å². The molecule has 0 spiro atoms. The first-order valence-corrected chi connectivity index (χ1v) is 12.1. The van der Waals surface area contributed by atoms with Gasteiger partial charge in [0.1, 0.15) is 0 Å². The molecule has 0 saturated carbocycles. The highest BCUT2D eigenvalue weighted by molar-refractivity contribution is 6.47. The summed E-state index contributed by atoms with van der Waals surface area (Å²) < 4.78 is 0. The van der Waals surface area contributed by atoms with Crippen LogP contribution in [0.2, 0.25) is 0 Å². The van der Waals surface area contributed by atoms with Gasteiger partial charge in [0, 0.05) is 17.1 Å². The summed E-state index contributed by atoms with van der Waals surface area (Å²) in [5.41, 5.74) is 3.66. The van der Waals surface area contributed by atoms with Crippen LogP contribution in [-0.2, 0) is 16.0 Å². The molecule has 0 saturated heterocycles. The number of nitrogens with zero attached hydrogens (tertiary/aromatic N) is 3. The molecular formula is C31H31N3O2. The molecule has 0 bridgehead atoms. The minimum atomic E-state index is -0.626. The maximum atomic E-state index is 14.1. The quantitative estimate of drug-likeness (QED) is 0.283. The number of hydrogen-bond donors (Lipinski definition) is 0. The number of carbonyl (C=O) groups excluding carboxylic acids is 2. The van der Waals surface area contributed by atoms with E-state index in [-0.39, 0.29) is 0 Å². The van der Waals surface area contributed by atoms with E-state index >= 15 is 0 Å². The molecule has 4 aromatic rings. The van der Waals surface area contributed by atoms with Gasteiger partial charge in [-0.15, -0.1) is 0 Å². The van der Waals surface area contributed by atoms with Crippen molar-refractivity contribution in [3.63, 3.8) is 0 Å². The van der Waals surface area contributed by atoms with Crippen LogP contribution in [0.1, 0.15) is 12.0 Å². The number of anilines is 4. The van der Waals surface area contributed by atoms with E-state index in [4.69, 9.17) is 0 Å². The minimum absolute atomic E-state index is 0.617. The Morgan fingerprint density at radius 2 is 0.972 bits per heavy atom. The van der Waals surface area contributed by atoms with Gasteiger partial charge in [-0.1, -0.05) is 72.8 Å². The van der Waals surface area contributed by atoms with Crippen molar-refractivity contribution in [2.24, 2.45) is 0 Å². The lowest BCUT2D eigenvalue weighted by Gasteiger charge is -2.29. The van der Waals surface area contributed by atoms with Gasteiger partial charge in [-0.2, -0.15) is 0 Å². The lowest BCUT2D eigenvalue weighted by atomic mass is 10.1. The summed E-state index contributed by atoms with van der Waals surface area (Å²) in [5.74, 6) is -1.24. The second kappa shape index (κ2) is 12.0. The number of rotatable bonds is 8. The molecular weight excluding hydrogens is 446 g/mol. The van der Waals surface area contributed by atoms with Crippen LogP contribution in [-0.4, -0.2) is 37.4 Å². The Labute approximate surface area is 213 Å². The van der Waals surface area contributed by atoms with E-state index in [2.05, 4.69) is 4.90 Å². The molecule has 2 amide bonds. The number of hydrogen-bond acceptors (Lipinski definition) is 3. The molecule has 0 atom stereocenters. The maximum absolute atomic E-state index is 14.1. The maximum Gasteiger partial charge on any atom is 0.321 e. The first-order valence-electron chi connectivity index (χ1n) is 12.1. The molecule has 0 aliphatic rings. The average Bonchev–Trinajstić information content (AvgIpc) is 2.91. The van der Waals surface area contributed by atoms with Gasteiger partial charge < -0.3 is 4.90 Å². The van der Waals surface area contributed by atoms with Gasteiger partial charge in [0.25, 0.3) is 0 Å². The van der Waals surface area contributed by atoms with Crippen molar-refractivity contribution in [3.8, 4) is 0 Å². The molecule has 0 heterocycles. The van der Waals surface area contributed by atoms with E-state index in [0.717, 1.165) is 30.6 Å². The number of para-hydroxylation sites is 4. The predicted octanol–water partition coefficient (Wildman–Crippen LogP) is 6.21. The van der Waals surface area contributed by atoms with Crippen LogP contribution >= 0.6 is 0 Å². The number of amides is 2. The lowest BCUT2D eigenvalue weighted by molar-refractivity contribution is -0.135. The number of benzene rings is 4. The molecule has 4 aromatic carbocycles. The van der Waals surface area contributed by atoms with Crippen LogP contribution in [0, 0.1) is 0 Å². The Kier molecular flexibility index (Phi) is 8.27. The average molecular weight is 478 g/mol. The van der Waals surface area contributed by atoms with Crippen LogP contribution in [0.5, 0.6) is 0 Å². The zero-order valence-corrected chi connectivity index (χ0v) is 20.7. The highest BCUT2D eigenvalue weighted by Gasteiger charge is 2.32. The van der Waals surface area contributed by atoms with Crippen molar-refractivity contribution in [1.29, 1.82) is 0 Å². The van der Waals surface area contributed by atoms with Crippen LogP contribution in [0.25, 0.3) is 0 Å². The third-order valence-electron chi connectivity index (χ3n) is 5.92. The molecule has 0 aromatic heterocycles. The molecule has 182 valence electrons. The summed E-state index contributed by atoms with van der Waals surface area (Å²) >= 11 is 0. The molecule has 0 N–H and O–H groups in total. The number of aryl methyl sites for hydroxylation is 1. The lowest BCUT2D eigenvalue weighted by Crippen LogP contribution is -2.42. The fourth-order valence-corrected chi connectivity index (χ4v) is 4.20. The van der Waals surface area contributed by atoms with E-state index < -0.39 is 11.8 Å². The second-order valence-corrected chi connectivity index (χ2v) is 8.82. The van der Waals surface area contributed by atoms with Crippen LogP contribution in [0.3, 0.4) is 0 Å². The topological polar surface area (TPSA) is 43.9 Å². The zero-order chi connectivity index (χ0) is 25.3. The Hall–Kier alpha value is -4.22. The van der Waals surface area contributed by atoms with Gasteiger partial charge >= 0.3 is 11.8 Å². The predicted molar refractivity (Wildman–Crippen MR) is 147 cm³/mol. The molecule has 4 rings (SSSR count). The highest BCUT2D eigenvalue weighted by atomic mass is 16.2. The Balaban J connectivity index is 1.77. The minimum Gasteiger partial charge on any atom is -0.309 e. The van der Waals surface area contributed by atoms with Crippen molar-refractivity contribution >= 4 is 34.6 Å². The van der Waals surface area contributed by atoms with E-state index in [1.165, 1.54) is 4.90 Å². The van der Waals surface area contributed by atoms with Gasteiger partial charge in [-0.25, -0.2) is 0 Å². The second-order valence-electron chi connectivity index (χ2n) is 8.82. The fourth-order valence-electron chi connectivity index (χ4n) is 4.20. The summed E-state index contributed by atoms with van der Waals surface area (Å²) in [5, 5.41) is 0. The molecule has 0 fully saturated rings. The van der Waals surface area contributed by atoms with E-state index in [1.54, 1.807) is 4.90 Å². The molecule has 36 heavy (non-hydrogen) atoms. The summed E-state index contributed by atoms with van der Waals surface area (Å²) in [6.45, 7) is 0.933. The molecule has 5 nitrogen and oxygen atoms in total. The van der Waals surface area contributed by atoms with Crippen molar-refractivity contribution < 1.29 is 9.59 Å². The molecule has 0 aliphatic carbocycles. The van der Waals surface area contributed by atoms with E-state index in [1.807, 2.05) is 129 Å². The normalized spacial score (nSPS) is 10.8. The molecule has 5 heteroatoms. The van der Waals surface area contributed by atoms with Gasteiger partial charge in [-0.3, -0.25) is 19.4 Å². The SMILES string of the molecule is CN(C)CCCc1ccccc1N(C(=O)C(=O)N(c1ccccc1)c1ccccc1)c1ccccc1.